The number of anilines is 1. The Morgan fingerprint density at radius 2 is 1.81 bits per heavy atom. The van der Waals surface area contributed by atoms with Gasteiger partial charge in [0.25, 0.3) is 0 Å². The van der Waals surface area contributed by atoms with E-state index >= 15 is 0 Å². The summed E-state index contributed by atoms with van der Waals surface area (Å²) in [7, 11) is 2.04. The molecule has 5 rings (SSSR count). The van der Waals surface area contributed by atoms with E-state index in [0.29, 0.717) is 23.3 Å². The second-order valence-electron chi connectivity index (χ2n) is 7.48. The first-order chi connectivity index (χ1) is 12.6. The first kappa shape index (κ1) is 16.5. The summed E-state index contributed by atoms with van der Waals surface area (Å²) in [5.41, 5.74) is 3.58. The average molecular weight is 387 g/mol. The van der Waals surface area contributed by atoms with E-state index in [1.54, 1.807) is 0 Å². The second-order valence-corrected chi connectivity index (χ2v) is 8.26. The maximum Gasteiger partial charge on any atom is 0.111 e. The number of hydrogen-bond donors (Lipinski definition) is 1. The number of aryl methyl sites for hydroxylation is 1. The molecule has 1 aromatic heterocycles. The Bertz CT molecular complexity index is 985. The zero-order valence-corrected chi connectivity index (χ0v) is 16.1. The molecule has 0 unspecified atom stereocenters. The molecule has 2 aromatic carbocycles. The summed E-state index contributed by atoms with van der Waals surface area (Å²) in [5, 5.41) is 5.85. The van der Waals surface area contributed by atoms with E-state index in [2.05, 4.69) is 40.2 Å². The largest absolute Gasteiger partial charge is 0.376 e. The Balaban J connectivity index is 1.51. The van der Waals surface area contributed by atoms with Gasteiger partial charge < -0.3 is 14.6 Å². The molecular formula is C21H20Cl2N2O. The van der Waals surface area contributed by atoms with Gasteiger partial charge in [-0.25, -0.2) is 0 Å². The lowest BCUT2D eigenvalue weighted by atomic mass is 9.87. The molecule has 2 aliphatic rings. The summed E-state index contributed by atoms with van der Waals surface area (Å²) in [4.78, 5) is 0. The van der Waals surface area contributed by atoms with E-state index in [0.717, 1.165) is 22.6 Å². The van der Waals surface area contributed by atoms with Crippen molar-refractivity contribution in [2.75, 3.05) is 18.5 Å². The van der Waals surface area contributed by atoms with Crippen molar-refractivity contribution in [2.24, 2.45) is 7.05 Å². The lowest BCUT2D eigenvalue weighted by molar-refractivity contribution is -0.0449. The molecule has 5 heteroatoms. The van der Waals surface area contributed by atoms with Gasteiger partial charge in [0.15, 0.2) is 0 Å². The van der Waals surface area contributed by atoms with Crippen molar-refractivity contribution >= 4 is 39.9 Å². The molecule has 3 nitrogen and oxygen atoms in total. The maximum absolute atomic E-state index is 6.40. The van der Waals surface area contributed by atoms with E-state index in [9.17, 15) is 0 Å². The highest BCUT2D eigenvalue weighted by molar-refractivity contribution is 6.45. The number of rotatable bonds is 4. The summed E-state index contributed by atoms with van der Waals surface area (Å²) in [6, 6.07) is 14.9. The van der Waals surface area contributed by atoms with Crippen LogP contribution in [0, 0.1) is 0 Å². The van der Waals surface area contributed by atoms with Crippen molar-refractivity contribution < 1.29 is 4.74 Å². The third kappa shape index (κ3) is 2.53. The van der Waals surface area contributed by atoms with Gasteiger partial charge in [-0.1, -0.05) is 47.5 Å². The van der Waals surface area contributed by atoms with E-state index in [1.807, 2.05) is 19.2 Å². The fourth-order valence-electron chi connectivity index (χ4n) is 3.82. The number of fused-ring (bicyclic) bond motifs is 1. The van der Waals surface area contributed by atoms with Gasteiger partial charge in [-0.2, -0.15) is 0 Å². The summed E-state index contributed by atoms with van der Waals surface area (Å²) >= 11 is 12.6. The standard InChI is InChI=1S/C21H20Cl2N2O/c1-25-18-9-8-17(22)20(23)16(18)10-19(25)24-21(11-26-12-21)15-6-4-14(5-7-15)13-2-3-13/h4-10,13,24H,2-3,11-12H2,1H3. The molecule has 1 N–H and O–H groups in total. The highest BCUT2D eigenvalue weighted by atomic mass is 35.5. The molecule has 1 saturated heterocycles. The Labute approximate surface area is 162 Å². The molecule has 0 spiro atoms. The lowest BCUT2D eigenvalue weighted by Gasteiger charge is -2.43. The molecule has 0 radical (unpaired) electrons. The number of nitrogens with one attached hydrogen (secondary N) is 1. The highest BCUT2D eigenvalue weighted by Gasteiger charge is 2.41. The predicted molar refractivity (Wildman–Crippen MR) is 107 cm³/mol. The molecule has 2 fully saturated rings. The summed E-state index contributed by atoms with van der Waals surface area (Å²) in [6.45, 7) is 1.32. The van der Waals surface area contributed by atoms with Crippen molar-refractivity contribution in [3.8, 4) is 0 Å². The van der Waals surface area contributed by atoms with Crippen LogP contribution in [-0.2, 0) is 17.3 Å². The average Bonchev–Trinajstić information content (AvgIpc) is 3.41. The number of hydrogen-bond acceptors (Lipinski definition) is 2. The van der Waals surface area contributed by atoms with Crippen LogP contribution in [0.3, 0.4) is 0 Å². The monoisotopic (exact) mass is 386 g/mol. The molecule has 1 aliphatic carbocycles. The van der Waals surface area contributed by atoms with Gasteiger partial charge in [0, 0.05) is 12.4 Å². The molecule has 26 heavy (non-hydrogen) atoms. The van der Waals surface area contributed by atoms with Crippen LogP contribution < -0.4 is 5.32 Å². The predicted octanol–water partition coefficient (Wildman–Crippen LogP) is 5.70. The fourth-order valence-corrected chi connectivity index (χ4v) is 4.20. The molecule has 3 aromatic rings. The Kier molecular flexibility index (Phi) is 3.75. The van der Waals surface area contributed by atoms with E-state index in [-0.39, 0.29) is 5.54 Å². The van der Waals surface area contributed by atoms with E-state index < -0.39 is 0 Å². The summed E-state index contributed by atoms with van der Waals surface area (Å²) in [5.74, 6) is 1.79. The maximum atomic E-state index is 6.40. The van der Waals surface area contributed by atoms with E-state index in [4.69, 9.17) is 27.9 Å². The van der Waals surface area contributed by atoms with Gasteiger partial charge in [0.2, 0.25) is 0 Å². The van der Waals surface area contributed by atoms with Crippen molar-refractivity contribution in [3.05, 3.63) is 63.6 Å². The SMILES string of the molecule is Cn1c(NC2(c3ccc(C4CC4)cc3)COC2)cc2c(Cl)c(Cl)ccc21. The van der Waals surface area contributed by atoms with Gasteiger partial charge in [0.1, 0.15) is 11.4 Å². The highest BCUT2D eigenvalue weighted by Crippen LogP contribution is 2.42. The number of benzene rings is 2. The van der Waals surface area contributed by atoms with Gasteiger partial charge in [0.05, 0.1) is 28.8 Å². The molecule has 134 valence electrons. The van der Waals surface area contributed by atoms with Crippen LogP contribution in [0.15, 0.2) is 42.5 Å². The van der Waals surface area contributed by atoms with Crippen LogP contribution in [-0.4, -0.2) is 17.8 Å². The number of ether oxygens (including phenoxy) is 1. The van der Waals surface area contributed by atoms with Crippen molar-refractivity contribution in [2.45, 2.75) is 24.3 Å². The van der Waals surface area contributed by atoms with Crippen LogP contribution in [0.5, 0.6) is 0 Å². The first-order valence-electron chi connectivity index (χ1n) is 8.97. The minimum absolute atomic E-state index is 0.194. The fraction of sp³-hybridized carbons (Fsp3) is 0.333. The van der Waals surface area contributed by atoms with Crippen LogP contribution >= 0.6 is 23.2 Å². The Morgan fingerprint density at radius 3 is 2.42 bits per heavy atom. The lowest BCUT2D eigenvalue weighted by Crippen LogP contribution is -2.53. The van der Waals surface area contributed by atoms with Crippen molar-refractivity contribution in [1.29, 1.82) is 0 Å². The number of nitrogens with zero attached hydrogens (tertiary/aromatic N) is 1. The first-order valence-corrected chi connectivity index (χ1v) is 9.73. The second kappa shape index (κ2) is 5.91. The van der Waals surface area contributed by atoms with Crippen molar-refractivity contribution in [1.82, 2.24) is 4.57 Å². The van der Waals surface area contributed by atoms with Gasteiger partial charge in [-0.15, -0.1) is 0 Å². The minimum atomic E-state index is -0.194. The molecule has 1 aliphatic heterocycles. The Morgan fingerprint density at radius 1 is 1.08 bits per heavy atom. The van der Waals surface area contributed by atoms with Gasteiger partial charge in [-0.05, 0) is 48.1 Å². The molecule has 1 saturated carbocycles. The molecule has 0 amide bonds. The summed E-state index contributed by atoms with van der Waals surface area (Å²) in [6.07, 6.45) is 2.65. The van der Waals surface area contributed by atoms with Gasteiger partial charge >= 0.3 is 0 Å². The molecule has 0 bridgehead atoms. The van der Waals surface area contributed by atoms with Crippen LogP contribution in [0.2, 0.25) is 10.0 Å². The van der Waals surface area contributed by atoms with Crippen LogP contribution in [0.1, 0.15) is 29.9 Å². The normalized spacial score (nSPS) is 18.7. The summed E-state index contributed by atoms with van der Waals surface area (Å²) < 4.78 is 7.71. The molecule has 0 atom stereocenters. The third-order valence-corrected chi connectivity index (χ3v) is 6.51. The van der Waals surface area contributed by atoms with Crippen molar-refractivity contribution in [3.63, 3.8) is 0 Å². The zero-order valence-electron chi connectivity index (χ0n) is 14.6. The molecule has 2 heterocycles. The quantitative estimate of drug-likeness (QED) is 0.622. The number of aromatic nitrogens is 1. The number of halogens is 2. The van der Waals surface area contributed by atoms with Crippen LogP contribution in [0.25, 0.3) is 10.9 Å². The smallest absolute Gasteiger partial charge is 0.111 e. The van der Waals surface area contributed by atoms with E-state index in [1.165, 1.54) is 24.0 Å². The van der Waals surface area contributed by atoms with Gasteiger partial charge in [-0.3, -0.25) is 0 Å². The third-order valence-electron chi connectivity index (χ3n) is 5.69. The van der Waals surface area contributed by atoms with Crippen LogP contribution in [0.4, 0.5) is 5.82 Å². The Hall–Kier alpha value is -1.68. The molecular weight excluding hydrogens is 367 g/mol. The minimum Gasteiger partial charge on any atom is -0.376 e. The zero-order chi connectivity index (χ0) is 17.9. The topological polar surface area (TPSA) is 26.2 Å².